The summed E-state index contributed by atoms with van der Waals surface area (Å²) in [6, 6.07) is -0.350. The first-order valence-corrected chi connectivity index (χ1v) is 4.18. The lowest BCUT2D eigenvalue weighted by atomic mass is 9.99. The summed E-state index contributed by atoms with van der Waals surface area (Å²) in [5.74, 6) is -0.156. The second-order valence-corrected chi connectivity index (χ2v) is 3.90. The molecule has 2 atom stereocenters. The molecule has 1 saturated carbocycles. The predicted molar refractivity (Wildman–Crippen MR) is 42.4 cm³/mol. The Balaban J connectivity index is 2.27. The Hall–Kier alpha value is -1.06. The minimum Gasteiger partial charge on any atom is -0.323 e. The Labute approximate surface area is 70.7 Å². The van der Waals surface area contributed by atoms with Crippen LogP contribution in [0.15, 0.2) is 0 Å². The van der Waals surface area contributed by atoms with Crippen molar-refractivity contribution in [1.29, 1.82) is 0 Å². The van der Waals surface area contributed by atoms with Gasteiger partial charge in [-0.3, -0.25) is 10.1 Å². The average Bonchev–Trinajstić information content (AvgIpc) is 2.47. The predicted octanol–water partition coefficient (Wildman–Crippen LogP) is 0.385. The Morgan fingerprint density at radius 3 is 2.50 bits per heavy atom. The van der Waals surface area contributed by atoms with Crippen molar-refractivity contribution in [2.75, 3.05) is 0 Å². The third-order valence-corrected chi connectivity index (χ3v) is 3.28. The third kappa shape index (κ3) is 0.629. The molecule has 3 amide bonds. The zero-order chi connectivity index (χ0) is 8.98. The van der Waals surface area contributed by atoms with Crippen LogP contribution in [0.25, 0.3) is 0 Å². The van der Waals surface area contributed by atoms with Crippen LogP contribution in [0, 0.1) is 5.41 Å². The number of hydrogen-bond donors (Lipinski definition) is 2. The Kier molecular flexibility index (Phi) is 1.14. The highest BCUT2D eigenvalue weighted by Gasteiger charge is 2.71. The molecule has 12 heavy (non-hydrogen) atoms. The van der Waals surface area contributed by atoms with Gasteiger partial charge in [0.25, 0.3) is 5.91 Å². The zero-order valence-corrected chi connectivity index (χ0v) is 7.23. The minimum absolute atomic E-state index is 0.0246. The quantitative estimate of drug-likeness (QED) is 0.556. The molecular formula is C8H12N2O2. The second kappa shape index (κ2) is 1.81. The number of carbonyl (C=O) groups is 2. The molecule has 66 valence electrons. The summed E-state index contributed by atoms with van der Waals surface area (Å²) in [7, 11) is 0. The van der Waals surface area contributed by atoms with Crippen LogP contribution in [0.2, 0.25) is 0 Å². The largest absolute Gasteiger partial charge is 0.323 e. The first-order chi connectivity index (χ1) is 5.54. The molecule has 1 heterocycles. The molecule has 0 aromatic carbocycles. The van der Waals surface area contributed by atoms with Gasteiger partial charge in [-0.25, -0.2) is 4.79 Å². The van der Waals surface area contributed by atoms with Gasteiger partial charge in [0.05, 0.1) is 0 Å². The van der Waals surface area contributed by atoms with Gasteiger partial charge in [-0.2, -0.15) is 0 Å². The van der Waals surface area contributed by atoms with E-state index in [9.17, 15) is 9.59 Å². The summed E-state index contributed by atoms with van der Waals surface area (Å²) in [5.41, 5.74) is -0.595. The summed E-state index contributed by atoms with van der Waals surface area (Å²) >= 11 is 0. The number of hydrogen-bond acceptors (Lipinski definition) is 2. The molecule has 0 aromatic rings. The fraction of sp³-hybridized carbons (Fsp3) is 0.750. The average molecular weight is 168 g/mol. The van der Waals surface area contributed by atoms with Crippen LogP contribution in [-0.2, 0) is 4.79 Å². The highest BCUT2D eigenvalue weighted by Crippen LogP contribution is 2.59. The third-order valence-electron chi connectivity index (χ3n) is 3.28. The molecule has 2 rings (SSSR count). The molecule has 2 aliphatic rings. The van der Waals surface area contributed by atoms with E-state index in [2.05, 4.69) is 10.6 Å². The van der Waals surface area contributed by atoms with E-state index in [1.165, 1.54) is 0 Å². The van der Waals surface area contributed by atoms with E-state index in [1.54, 1.807) is 0 Å². The van der Waals surface area contributed by atoms with E-state index < -0.39 is 5.54 Å². The van der Waals surface area contributed by atoms with Crippen LogP contribution in [0.5, 0.6) is 0 Å². The van der Waals surface area contributed by atoms with Gasteiger partial charge in [-0.1, -0.05) is 13.8 Å². The molecule has 4 heteroatoms. The molecule has 1 saturated heterocycles. The lowest BCUT2D eigenvalue weighted by Gasteiger charge is -2.12. The fourth-order valence-electron chi connectivity index (χ4n) is 2.01. The molecule has 2 N–H and O–H groups in total. The lowest BCUT2D eigenvalue weighted by molar-refractivity contribution is -0.121. The van der Waals surface area contributed by atoms with Gasteiger partial charge in [0.2, 0.25) is 0 Å². The number of amides is 3. The molecule has 2 fully saturated rings. The fourth-order valence-corrected chi connectivity index (χ4v) is 2.01. The summed E-state index contributed by atoms with van der Waals surface area (Å²) < 4.78 is 0. The van der Waals surface area contributed by atoms with Crippen LogP contribution < -0.4 is 10.6 Å². The van der Waals surface area contributed by atoms with Gasteiger partial charge in [-0.15, -0.1) is 0 Å². The van der Waals surface area contributed by atoms with Crippen LogP contribution in [0.4, 0.5) is 4.79 Å². The molecule has 4 nitrogen and oxygen atoms in total. The van der Waals surface area contributed by atoms with Crippen LogP contribution >= 0.6 is 0 Å². The molecule has 1 aliphatic carbocycles. The maximum absolute atomic E-state index is 11.3. The molecule has 1 aliphatic heterocycles. The van der Waals surface area contributed by atoms with Crippen LogP contribution in [-0.4, -0.2) is 17.5 Å². The summed E-state index contributed by atoms with van der Waals surface area (Å²) in [6.45, 7) is 4.06. The van der Waals surface area contributed by atoms with E-state index in [4.69, 9.17) is 0 Å². The number of rotatable bonds is 1. The summed E-state index contributed by atoms with van der Waals surface area (Å²) in [4.78, 5) is 22.2. The van der Waals surface area contributed by atoms with Crippen molar-refractivity contribution in [3.8, 4) is 0 Å². The summed E-state index contributed by atoms with van der Waals surface area (Å²) in [6.07, 6.45) is 1.69. The number of urea groups is 1. The Morgan fingerprint density at radius 2 is 2.17 bits per heavy atom. The topological polar surface area (TPSA) is 58.2 Å². The monoisotopic (exact) mass is 168 g/mol. The molecule has 0 aromatic heterocycles. The van der Waals surface area contributed by atoms with Crippen molar-refractivity contribution in [3.05, 3.63) is 0 Å². The highest BCUT2D eigenvalue weighted by molar-refractivity contribution is 6.09. The van der Waals surface area contributed by atoms with E-state index in [0.717, 1.165) is 12.8 Å². The maximum atomic E-state index is 11.3. The lowest BCUT2D eigenvalue weighted by Crippen LogP contribution is -2.37. The number of nitrogens with one attached hydrogen (secondary N) is 2. The standard InChI is InChI=1S/C8H12N2O2/c1-3-7(2)4-8(7)5(11)9-6(12)10-8/h3-4H2,1-2H3,(H2,9,10,11,12). The van der Waals surface area contributed by atoms with Gasteiger partial charge < -0.3 is 5.32 Å². The molecule has 0 radical (unpaired) electrons. The zero-order valence-electron chi connectivity index (χ0n) is 7.23. The van der Waals surface area contributed by atoms with Gasteiger partial charge in [0.15, 0.2) is 0 Å². The first kappa shape index (κ1) is 7.58. The smallest absolute Gasteiger partial charge is 0.322 e. The Bertz CT molecular complexity index is 276. The van der Waals surface area contributed by atoms with Crippen LogP contribution in [0.1, 0.15) is 26.7 Å². The molecule has 1 spiro atoms. The van der Waals surface area contributed by atoms with Crippen molar-refractivity contribution in [3.63, 3.8) is 0 Å². The normalized spacial score (nSPS) is 44.5. The van der Waals surface area contributed by atoms with Crippen molar-refractivity contribution in [2.24, 2.45) is 5.41 Å². The molecule has 2 unspecified atom stereocenters. The van der Waals surface area contributed by atoms with Gasteiger partial charge >= 0.3 is 6.03 Å². The van der Waals surface area contributed by atoms with Crippen molar-refractivity contribution in [1.82, 2.24) is 10.6 Å². The van der Waals surface area contributed by atoms with E-state index in [1.807, 2.05) is 13.8 Å². The maximum Gasteiger partial charge on any atom is 0.322 e. The molecular weight excluding hydrogens is 156 g/mol. The highest BCUT2D eigenvalue weighted by atomic mass is 16.2. The first-order valence-electron chi connectivity index (χ1n) is 4.18. The van der Waals surface area contributed by atoms with E-state index >= 15 is 0 Å². The van der Waals surface area contributed by atoms with Crippen molar-refractivity contribution >= 4 is 11.9 Å². The van der Waals surface area contributed by atoms with Crippen molar-refractivity contribution < 1.29 is 9.59 Å². The molecule has 0 bridgehead atoms. The SMILES string of the molecule is CCC1(C)CC12NC(=O)NC2=O. The second-order valence-electron chi connectivity index (χ2n) is 3.90. The summed E-state index contributed by atoms with van der Waals surface area (Å²) in [5, 5.41) is 4.97. The van der Waals surface area contributed by atoms with E-state index in [-0.39, 0.29) is 17.4 Å². The Morgan fingerprint density at radius 1 is 1.50 bits per heavy atom. The van der Waals surface area contributed by atoms with Gasteiger partial charge in [-0.05, 0) is 12.8 Å². The number of carbonyl (C=O) groups excluding carboxylic acids is 2. The van der Waals surface area contributed by atoms with Gasteiger partial charge in [0, 0.05) is 5.41 Å². The number of imide groups is 1. The minimum atomic E-state index is -0.571. The van der Waals surface area contributed by atoms with Gasteiger partial charge in [0.1, 0.15) is 5.54 Å². The van der Waals surface area contributed by atoms with Crippen molar-refractivity contribution in [2.45, 2.75) is 32.2 Å². The van der Waals surface area contributed by atoms with E-state index in [0.29, 0.717) is 0 Å². The van der Waals surface area contributed by atoms with Crippen LogP contribution in [0.3, 0.4) is 0 Å².